The second kappa shape index (κ2) is 5.92. The summed E-state index contributed by atoms with van der Waals surface area (Å²) in [5.74, 6) is -0.256. The Kier molecular flexibility index (Phi) is 3.98. The molecule has 22 heavy (non-hydrogen) atoms. The molecule has 0 spiro atoms. The number of carbonyl (C=O) groups is 2. The molecular formula is C15H15BrN4O2. The first-order valence-electron chi connectivity index (χ1n) is 6.90. The number of halogens is 1. The fraction of sp³-hybridized carbons (Fsp3) is 0.267. The van der Waals surface area contributed by atoms with Gasteiger partial charge in [-0.05, 0) is 30.0 Å². The van der Waals surface area contributed by atoms with Crippen molar-refractivity contribution >= 4 is 33.4 Å². The van der Waals surface area contributed by atoms with Gasteiger partial charge in [0.15, 0.2) is 0 Å². The van der Waals surface area contributed by atoms with Crippen molar-refractivity contribution in [3.05, 3.63) is 46.7 Å². The number of nitrogens with two attached hydrogens (primary N) is 1. The van der Waals surface area contributed by atoms with Gasteiger partial charge in [0.1, 0.15) is 6.54 Å². The molecule has 0 saturated heterocycles. The average molecular weight is 363 g/mol. The fourth-order valence-electron chi connectivity index (χ4n) is 2.50. The van der Waals surface area contributed by atoms with Gasteiger partial charge in [-0.25, -0.2) is 0 Å². The van der Waals surface area contributed by atoms with E-state index in [-0.39, 0.29) is 24.3 Å². The van der Waals surface area contributed by atoms with E-state index in [1.54, 1.807) is 6.20 Å². The van der Waals surface area contributed by atoms with Crippen LogP contribution in [-0.4, -0.2) is 21.6 Å². The molecule has 2 unspecified atom stereocenters. The molecule has 0 bridgehead atoms. The van der Waals surface area contributed by atoms with Crippen molar-refractivity contribution < 1.29 is 9.59 Å². The van der Waals surface area contributed by atoms with Crippen LogP contribution in [0.4, 0.5) is 5.69 Å². The van der Waals surface area contributed by atoms with Crippen LogP contribution in [0.2, 0.25) is 0 Å². The molecule has 6 nitrogen and oxygen atoms in total. The number of primary amides is 1. The van der Waals surface area contributed by atoms with Gasteiger partial charge in [0.25, 0.3) is 0 Å². The zero-order valence-electron chi connectivity index (χ0n) is 11.7. The quantitative estimate of drug-likeness (QED) is 0.850. The van der Waals surface area contributed by atoms with Crippen LogP contribution in [-0.2, 0) is 16.1 Å². The third kappa shape index (κ3) is 3.36. The van der Waals surface area contributed by atoms with Gasteiger partial charge in [-0.1, -0.05) is 28.1 Å². The van der Waals surface area contributed by atoms with Crippen molar-refractivity contribution in [1.29, 1.82) is 0 Å². The Morgan fingerprint density at radius 2 is 2.27 bits per heavy atom. The van der Waals surface area contributed by atoms with Crippen LogP contribution in [0.1, 0.15) is 17.9 Å². The van der Waals surface area contributed by atoms with Crippen LogP contribution in [0.25, 0.3) is 0 Å². The lowest BCUT2D eigenvalue weighted by Crippen LogP contribution is -2.19. The molecule has 1 aliphatic rings. The van der Waals surface area contributed by atoms with Crippen molar-refractivity contribution in [2.24, 2.45) is 11.7 Å². The molecule has 7 heteroatoms. The Morgan fingerprint density at radius 1 is 1.45 bits per heavy atom. The summed E-state index contributed by atoms with van der Waals surface area (Å²) < 4.78 is 2.42. The van der Waals surface area contributed by atoms with E-state index in [1.165, 1.54) is 16.4 Å². The lowest BCUT2D eigenvalue weighted by molar-refractivity contribution is -0.119. The highest BCUT2D eigenvalue weighted by Crippen LogP contribution is 2.48. The maximum atomic E-state index is 12.2. The molecule has 1 aromatic heterocycles. The normalized spacial score (nSPS) is 19.7. The van der Waals surface area contributed by atoms with Gasteiger partial charge in [-0.15, -0.1) is 0 Å². The number of nitrogens with zero attached hydrogens (tertiary/aromatic N) is 2. The summed E-state index contributed by atoms with van der Waals surface area (Å²) in [5.41, 5.74) is 6.84. The minimum absolute atomic E-state index is 0.0000335. The van der Waals surface area contributed by atoms with Gasteiger partial charge in [0, 0.05) is 16.6 Å². The summed E-state index contributed by atoms with van der Waals surface area (Å²) in [6.45, 7) is -0.0000335. The van der Waals surface area contributed by atoms with Gasteiger partial charge in [0.05, 0.1) is 11.9 Å². The summed E-state index contributed by atoms with van der Waals surface area (Å²) >= 11 is 3.44. The number of hydrogen-bond donors (Lipinski definition) is 2. The summed E-state index contributed by atoms with van der Waals surface area (Å²) in [4.78, 5) is 23.0. The van der Waals surface area contributed by atoms with E-state index < -0.39 is 5.91 Å². The predicted molar refractivity (Wildman–Crippen MR) is 85.0 cm³/mol. The Morgan fingerprint density at radius 3 is 3.00 bits per heavy atom. The molecular weight excluding hydrogens is 348 g/mol. The summed E-state index contributed by atoms with van der Waals surface area (Å²) in [6, 6.07) is 8.02. The Bertz CT molecular complexity index is 728. The summed E-state index contributed by atoms with van der Waals surface area (Å²) in [6.07, 6.45) is 3.95. The van der Waals surface area contributed by atoms with Crippen LogP contribution in [0.5, 0.6) is 0 Å². The van der Waals surface area contributed by atoms with E-state index in [9.17, 15) is 9.59 Å². The number of nitrogens with one attached hydrogen (secondary N) is 1. The van der Waals surface area contributed by atoms with Gasteiger partial charge in [-0.2, -0.15) is 5.10 Å². The number of aromatic nitrogens is 2. The van der Waals surface area contributed by atoms with E-state index in [1.807, 2.05) is 24.3 Å². The molecule has 2 amide bonds. The zero-order chi connectivity index (χ0) is 15.7. The maximum absolute atomic E-state index is 12.2. The maximum Gasteiger partial charge on any atom is 0.239 e. The van der Waals surface area contributed by atoms with Crippen LogP contribution < -0.4 is 11.1 Å². The minimum atomic E-state index is -0.474. The van der Waals surface area contributed by atoms with E-state index in [2.05, 4.69) is 26.3 Å². The summed E-state index contributed by atoms with van der Waals surface area (Å²) in [5, 5.41) is 6.80. The number of benzene rings is 1. The molecule has 114 valence electrons. The average Bonchev–Trinajstić information content (AvgIpc) is 3.15. The third-order valence-electron chi connectivity index (χ3n) is 3.62. The molecule has 3 rings (SSSR count). The molecule has 2 aromatic rings. The monoisotopic (exact) mass is 362 g/mol. The fourth-order valence-corrected chi connectivity index (χ4v) is 2.92. The van der Waals surface area contributed by atoms with Gasteiger partial charge >= 0.3 is 0 Å². The van der Waals surface area contributed by atoms with E-state index >= 15 is 0 Å². The molecule has 1 saturated carbocycles. The third-order valence-corrected chi connectivity index (χ3v) is 4.12. The lowest BCUT2D eigenvalue weighted by Gasteiger charge is -2.03. The lowest BCUT2D eigenvalue weighted by atomic mass is 10.1. The standard InChI is InChI=1S/C15H15BrN4O2/c16-10-3-1-2-9(4-10)12-5-13(12)15(22)19-11-6-18-20(7-11)8-14(17)21/h1-4,6-7,12-13H,5,8H2,(H2,17,21)(H,19,22). The topological polar surface area (TPSA) is 90.0 Å². The van der Waals surface area contributed by atoms with Gasteiger partial charge < -0.3 is 11.1 Å². The van der Waals surface area contributed by atoms with E-state index in [0.717, 1.165) is 10.9 Å². The highest BCUT2D eigenvalue weighted by molar-refractivity contribution is 9.10. The molecule has 0 aliphatic heterocycles. The Balaban J connectivity index is 1.59. The number of hydrogen-bond acceptors (Lipinski definition) is 3. The second-order valence-electron chi connectivity index (χ2n) is 5.39. The van der Waals surface area contributed by atoms with Crippen molar-refractivity contribution in [2.75, 3.05) is 5.32 Å². The zero-order valence-corrected chi connectivity index (χ0v) is 13.3. The SMILES string of the molecule is NC(=O)Cn1cc(NC(=O)C2CC2c2cccc(Br)c2)cn1. The molecule has 1 aromatic carbocycles. The molecule has 1 heterocycles. The van der Waals surface area contributed by atoms with Gasteiger partial charge in [0.2, 0.25) is 11.8 Å². The number of carbonyl (C=O) groups excluding carboxylic acids is 2. The van der Waals surface area contributed by atoms with Crippen LogP contribution in [0, 0.1) is 5.92 Å². The minimum Gasteiger partial charge on any atom is -0.368 e. The van der Waals surface area contributed by atoms with Crippen molar-refractivity contribution in [2.45, 2.75) is 18.9 Å². The Hall–Kier alpha value is -2.15. The Labute approximate surface area is 135 Å². The second-order valence-corrected chi connectivity index (χ2v) is 6.30. The number of rotatable bonds is 5. The van der Waals surface area contributed by atoms with Crippen molar-refractivity contribution in [1.82, 2.24) is 9.78 Å². The van der Waals surface area contributed by atoms with Crippen LogP contribution in [0.3, 0.4) is 0 Å². The predicted octanol–water partition coefficient (Wildman–Crippen LogP) is 1.87. The first kappa shape index (κ1) is 14.8. The smallest absolute Gasteiger partial charge is 0.239 e. The molecule has 1 fully saturated rings. The molecule has 1 aliphatic carbocycles. The number of amides is 2. The van der Waals surface area contributed by atoms with Crippen molar-refractivity contribution in [3.8, 4) is 0 Å². The van der Waals surface area contributed by atoms with Crippen LogP contribution in [0.15, 0.2) is 41.1 Å². The molecule has 2 atom stereocenters. The highest BCUT2D eigenvalue weighted by Gasteiger charge is 2.44. The first-order valence-corrected chi connectivity index (χ1v) is 7.69. The van der Waals surface area contributed by atoms with Gasteiger partial charge in [-0.3, -0.25) is 14.3 Å². The first-order chi connectivity index (χ1) is 10.5. The number of anilines is 1. The molecule has 0 radical (unpaired) electrons. The van der Waals surface area contributed by atoms with E-state index in [4.69, 9.17) is 5.73 Å². The van der Waals surface area contributed by atoms with E-state index in [0.29, 0.717) is 5.69 Å². The van der Waals surface area contributed by atoms with Crippen molar-refractivity contribution in [3.63, 3.8) is 0 Å². The van der Waals surface area contributed by atoms with Crippen LogP contribution >= 0.6 is 15.9 Å². The molecule has 3 N–H and O–H groups in total. The highest BCUT2D eigenvalue weighted by atomic mass is 79.9. The summed E-state index contributed by atoms with van der Waals surface area (Å²) in [7, 11) is 0. The largest absolute Gasteiger partial charge is 0.368 e.